The fourth-order valence-corrected chi connectivity index (χ4v) is 4.61. The fraction of sp³-hybridized carbons (Fsp3) is 0.273. The molecule has 3 aromatic rings. The van der Waals surface area contributed by atoms with E-state index in [1.54, 1.807) is 6.26 Å². The predicted molar refractivity (Wildman–Crippen MR) is 110 cm³/mol. The van der Waals surface area contributed by atoms with Gasteiger partial charge in [-0.1, -0.05) is 48.5 Å². The second kappa shape index (κ2) is 8.92. The van der Waals surface area contributed by atoms with Crippen molar-refractivity contribution >= 4 is 10.2 Å². The molecule has 7 heteroatoms. The van der Waals surface area contributed by atoms with Gasteiger partial charge in [-0.2, -0.15) is 17.4 Å². The van der Waals surface area contributed by atoms with Crippen LogP contribution in [-0.2, 0) is 47.7 Å². The van der Waals surface area contributed by atoms with Crippen molar-refractivity contribution in [2.24, 2.45) is 0 Å². The zero-order valence-electron chi connectivity index (χ0n) is 16.1. The summed E-state index contributed by atoms with van der Waals surface area (Å²) >= 11 is 0. The average molecular weight is 413 g/mol. The van der Waals surface area contributed by atoms with Crippen LogP contribution < -0.4 is 4.72 Å². The SMILES string of the molecule is O=S(=O)(NCc1cccc(COCc2ccco2)c1)N1CCc2ccccc2C1. The molecule has 0 unspecified atom stereocenters. The maximum absolute atomic E-state index is 12.7. The van der Waals surface area contributed by atoms with Gasteiger partial charge < -0.3 is 9.15 Å². The normalized spacial score (nSPS) is 14.6. The lowest BCUT2D eigenvalue weighted by Gasteiger charge is -2.28. The summed E-state index contributed by atoms with van der Waals surface area (Å²) in [6, 6.07) is 19.4. The molecular weight excluding hydrogens is 388 g/mol. The number of benzene rings is 2. The third kappa shape index (κ3) is 5.13. The van der Waals surface area contributed by atoms with Crippen molar-refractivity contribution in [1.82, 2.24) is 9.03 Å². The molecule has 0 saturated carbocycles. The molecule has 6 nitrogen and oxygen atoms in total. The second-order valence-electron chi connectivity index (χ2n) is 7.07. The summed E-state index contributed by atoms with van der Waals surface area (Å²) in [6.45, 7) is 1.98. The van der Waals surface area contributed by atoms with E-state index in [4.69, 9.17) is 9.15 Å². The standard InChI is InChI=1S/C22H24N2O4S/c25-29(26,24-11-10-20-7-1-2-8-21(20)15-24)23-14-18-5-3-6-19(13-18)16-27-17-22-9-4-12-28-22/h1-9,12-13,23H,10-11,14-17H2. The Morgan fingerprint density at radius 3 is 2.62 bits per heavy atom. The van der Waals surface area contributed by atoms with Gasteiger partial charge in [-0.05, 0) is 40.8 Å². The second-order valence-corrected chi connectivity index (χ2v) is 8.83. The lowest BCUT2D eigenvalue weighted by molar-refractivity contribution is 0.0929. The first-order chi connectivity index (χ1) is 14.1. The quantitative estimate of drug-likeness (QED) is 0.616. The highest BCUT2D eigenvalue weighted by molar-refractivity contribution is 7.87. The van der Waals surface area contributed by atoms with Crippen LogP contribution in [0.2, 0.25) is 0 Å². The zero-order chi connectivity index (χ0) is 20.1. The average Bonchev–Trinajstić information content (AvgIpc) is 3.26. The number of hydrogen-bond acceptors (Lipinski definition) is 4. The van der Waals surface area contributed by atoms with Gasteiger partial charge in [0.05, 0.1) is 12.9 Å². The van der Waals surface area contributed by atoms with Crippen molar-refractivity contribution in [3.63, 3.8) is 0 Å². The minimum atomic E-state index is -3.54. The Hall–Kier alpha value is -2.45. The molecule has 0 bridgehead atoms. The van der Waals surface area contributed by atoms with Crippen LogP contribution in [0.3, 0.4) is 0 Å². The Balaban J connectivity index is 1.32. The van der Waals surface area contributed by atoms with Crippen molar-refractivity contribution in [3.8, 4) is 0 Å². The molecule has 0 fully saturated rings. The zero-order valence-corrected chi connectivity index (χ0v) is 16.9. The van der Waals surface area contributed by atoms with Gasteiger partial charge in [0.15, 0.2) is 0 Å². The molecular formula is C22H24N2O4S. The highest BCUT2D eigenvalue weighted by atomic mass is 32.2. The van der Waals surface area contributed by atoms with Crippen LogP contribution in [0.1, 0.15) is 28.0 Å². The Morgan fingerprint density at radius 2 is 1.79 bits per heavy atom. The molecule has 2 aromatic carbocycles. The topological polar surface area (TPSA) is 71.8 Å². The van der Waals surface area contributed by atoms with E-state index in [9.17, 15) is 8.42 Å². The largest absolute Gasteiger partial charge is 0.467 e. The molecule has 1 aliphatic heterocycles. The van der Waals surface area contributed by atoms with Gasteiger partial charge in [0.25, 0.3) is 10.2 Å². The number of hydrogen-bond donors (Lipinski definition) is 1. The molecule has 0 saturated heterocycles. The summed E-state index contributed by atoms with van der Waals surface area (Å²) < 4.78 is 40.6. The predicted octanol–water partition coefficient (Wildman–Crippen LogP) is 3.39. The highest BCUT2D eigenvalue weighted by Gasteiger charge is 2.26. The van der Waals surface area contributed by atoms with E-state index in [1.807, 2.05) is 54.6 Å². The van der Waals surface area contributed by atoms with Gasteiger partial charge in [-0.15, -0.1) is 0 Å². The lowest BCUT2D eigenvalue weighted by Crippen LogP contribution is -2.43. The number of ether oxygens (including phenoxy) is 1. The molecule has 29 heavy (non-hydrogen) atoms. The van der Waals surface area contributed by atoms with Crippen molar-refractivity contribution in [3.05, 3.63) is 94.9 Å². The van der Waals surface area contributed by atoms with E-state index >= 15 is 0 Å². The molecule has 0 atom stereocenters. The van der Waals surface area contributed by atoms with Gasteiger partial charge in [0, 0.05) is 19.6 Å². The van der Waals surface area contributed by atoms with Crippen molar-refractivity contribution in [2.45, 2.75) is 32.7 Å². The number of fused-ring (bicyclic) bond motifs is 1. The molecule has 4 rings (SSSR count). The maximum atomic E-state index is 12.7. The molecule has 152 valence electrons. The number of rotatable bonds is 8. The number of nitrogens with zero attached hydrogens (tertiary/aromatic N) is 1. The van der Waals surface area contributed by atoms with Crippen LogP contribution in [-0.4, -0.2) is 19.3 Å². The van der Waals surface area contributed by atoms with Crippen LogP contribution in [0.15, 0.2) is 71.3 Å². The Bertz CT molecular complexity index is 1050. The smallest absolute Gasteiger partial charge is 0.280 e. The van der Waals surface area contributed by atoms with Gasteiger partial charge in [0.2, 0.25) is 0 Å². The Labute approximate surface area is 171 Å². The Morgan fingerprint density at radius 1 is 0.966 bits per heavy atom. The molecule has 1 aliphatic rings. The van der Waals surface area contributed by atoms with E-state index in [0.29, 0.717) is 26.3 Å². The van der Waals surface area contributed by atoms with Gasteiger partial charge in [-0.3, -0.25) is 0 Å². The van der Waals surface area contributed by atoms with Gasteiger partial charge in [0.1, 0.15) is 12.4 Å². The molecule has 1 N–H and O–H groups in total. The van der Waals surface area contributed by atoms with E-state index in [2.05, 4.69) is 10.8 Å². The van der Waals surface area contributed by atoms with Crippen molar-refractivity contribution in [1.29, 1.82) is 0 Å². The van der Waals surface area contributed by atoms with Crippen molar-refractivity contribution in [2.75, 3.05) is 6.54 Å². The number of nitrogens with one attached hydrogen (secondary N) is 1. The van der Waals surface area contributed by atoms with Crippen LogP contribution in [0.25, 0.3) is 0 Å². The molecule has 0 amide bonds. The van der Waals surface area contributed by atoms with Crippen LogP contribution >= 0.6 is 0 Å². The van der Waals surface area contributed by atoms with E-state index < -0.39 is 10.2 Å². The van der Waals surface area contributed by atoms with Crippen LogP contribution in [0.5, 0.6) is 0 Å². The molecule has 0 spiro atoms. The summed E-state index contributed by atoms with van der Waals surface area (Å²) in [5, 5.41) is 0. The third-order valence-corrected chi connectivity index (χ3v) is 6.48. The minimum absolute atomic E-state index is 0.243. The van der Waals surface area contributed by atoms with Crippen LogP contribution in [0.4, 0.5) is 0 Å². The summed E-state index contributed by atoms with van der Waals surface area (Å²) in [4.78, 5) is 0. The van der Waals surface area contributed by atoms with Gasteiger partial charge in [-0.25, -0.2) is 0 Å². The van der Waals surface area contributed by atoms with Crippen molar-refractivity contribution < 1.29 is 17.6 Å². The van der Waals surface area contributed by atoms with Crippen LogP contribution in [0, 0.1) is 0 Å². The fourth-order valence-electron chi connectivity index (χ4n) is 3.43. The maximum Gasteiger partial charge on any atom is 0.280 e. The first kappa shape index (κ1) is 19.8. The summed E-state index contributed by atoms with van der Waals surface area (Å²) in [7, 11) is -3.54. The van der Waals surface area contributed by atoms with E-state index in [0.717, 1.165) is 28.9 Å². The Kier molecular flexibility index (Phi) is 6.10. The first-order valence-corrected chi connectivity index (χ1v) is 11.0. The molecule has 0 aliphatic carbocycles. The summed E-state index contributed by atoms with van der Waals surface area (Å²) in [6.07, 6.45) is 2.35. The summed E-state index contributed by atoms with van der Waals surface area (Å²) in [5.41, 5.74) is 4.17. The monoisotopic (exact) mass is 412 g/mol. The summed E-state index contributed by atoms with van der Waals surface area (Å²) in [5.74, 6) is 0.775. The molecule has 2 heterocycles. The lowest BCUT2D eigenvalue weighted by atomic mass is 10.0. The third-order valence-electron chi connectivity index (χ3n) is 4.98. The molecule has 1 aromatic heterocycles. The first-order valence-electron chi connectivity index (χ1n) is 9.60. The molecule has 0 radical (unpaired) electrons. The highest BCUT2D eigenvalue weighted by Crippen LogP contribution is 2.20. The van der Waals surface area contributed by atoms with Gasteiger partial charge >= 0.3 is 0 Å². The van der Waals surface area contributed by atoms with E-state index in [1.165, 1.54) is 9.87 Å². The minimum Gasteiger partial charge on any atom is -0.467 e. The number of furan rings is 1. The van der Waals surface area contributed by atoms with E-state index in [-0.39, 0.29) is 6.54 Å².